The summed E-state index contributed by atoms with van der Waals surface area (Å²) in [4.78, 5) is 3.97. The second-order valence-electron chi connectivity index (χ2n) is 2.95. The molecule has 0 unspecified atom stereocenters. The van der Waals surface area contributed by atoms with Gasteiger partial charge in [-0.15, -0.1) is 0 Å². The summed E-state index contributed by atoms with van der Waals surface area (Å²) >= 11 is 0. The van der Waals surface area contributed by atoms with Crippen LogP contribution in [0.25, 0.3) is 0 Å². The molecule has 16 heavy (non-hydrogen) atoms. The standard InChI is InChI=1S/C7H11N2.F6P/c1-2-5-9-6-3-4-8-7-9;1-7(2,3,4,5)6/h3-4,6-7H,2,5H2,1H3;/q+1;-1. The summed E-state index contributed by atoms with van der Waals surface area (Å²) in [7, 11) is -10.7. The van der Waals surface area contributed by atoms with Crippen LogP contribution in [0, 0.1) is 0 Å². The van der Waals surface area contributed by atoms with E-state index in [1.807, 2.05) is 18.6 Å². The predicted molar refractivity (Wildman–Crippen MR) is 48.3 cm³/mol. The molecule has 1 rings (SSSR count). The maximum absolute atomic E-state index is 10.7. The topological polar surface area (TPSA) is 16.8 Å². The number of hydrogen-bond acceptors (Lipinski definition) is 1. The van der Waals surface area contributed by atoms with E-state index in [4.69, 9.17) is 0 Å². The normalized spacial score (nSPS) is 15.4. The van der Waals surface area contributed by atoms with Gasteiger partial charge >= 0.3 is 33.0 Å². The summed E-state index contributed by atoms with van der Waals surface area (Å²) in [5.41, 5.74) is 0. The molecule has 0 N–H and O–H groups in total. The van der Waals surface area contributed by atoms with Crippen molar-refractivity contribution in [2.24, 2.45) is 0 Å². The van der Waals surface area contributed by atoms with E-state index in [1.54, 1.807) is 6.20 Å². The van der Waals surface area contributed by atoms with Crippen LogP contribution in [0.4, 0.5) is 25.2 Å². The van der Waals surface area contributed by atoms with Crippen molar-refractivity contribution in [1.82, 2.24) is 4.98 Å². The van der Waals surface area contributed by atoms with Gasteiger partial charge in [-0.05, 0) is 6.42 Å². The fraction of sp³-hybridized carbons (Fsp3) is 0.429. The molecule has 0 aliphatic carbocycles. The molecule has 0 radical (unpaired) electrons. The van der Waals surface area contributed by atoms with E-state index in [9.17, 15) is 25.2 Å². The molecule has 0 fully saturated rings. The van der Waals surface area contributed by atoms with E-state index < -0.39 is 7.81 Å². The minimum atomic E-state index is -10.7. The third-order valence-corrected chi connectivity index (χ3v) is 1.15. The quantitative estimate of drug-likeness (QED) is 0.447. The van der Waals surface area contributed by atoms with Gasteiger partial charge in [-0.25, -0.2) is 4.57 Å². The number of nitrogens with zero attached hydrogens (tertiary/aromatic N) is 2. The van der Waals surface area contributed by atoms with Crippen LogP contribution in [0.3, 0.4) is 0 Å². The van der Waals surface area contributed by atoms with E-state index in [0.29, 0.717) is 0 Å². The van der Waals surface area contributed by atoms with Gasteiger partial charge in [0, 0.05) is 6.07 Å². The molecule has 0 amide bonds. The zero-order chi connectivity index (χ0) is 12.9. The van der Waals surface area contributed by atoms with E-state index >= 15 is 0 Å². The zero-order valence-electron chi connectivity index (χ0n) is 8.33. The molecule has 0 aliphatic rings. The van der Waals surface area contributed by atoms with Crippen molar-refractivity contribution in [3.05, 3.63) is 24.8 Å². The summed E-state index contributed by atoms with van der Waals surface area (Å²) in [6, 6.07) is 1.94. The molecule has 0 aliphatic heterocycles. The van der Waals surface area contributed by atoms with Gasteiger partial charge in [-0.1, -0.05) is 11.9 Å². The Labute approximate surface area is 88.2 Å². The van der Waals surface area contributed by atoms with Crippen LogP contribution in [0.2, 0.25) is 0 Å². The Morgan fingerprint density at radius 1 is 1.12 bits per heavy atom. The third kappa shape index (κ3) is 18.8. The Morgan fingerprint density at radius 3 is 1.94 bits per heavy atom. The number of aryl methyl sites for hydroxylation is 1. The first-order valence-electron chi connectivity index (χ1n) is 4.24. The Hall–Kier alpha value is -0.910. The number of aromatic nitrogens is 2. The molecule has 9 heteroatoms. The van der Waals surface area contributed by atoms with Crippen molar-refractivity contribution in [2.45, 2.75) is 19.9 Å². The molecular formula is C7H11F6N2P. The van der Waals surface area contributed by atoms with Gasteiger partial charge in [-0.2, -0.15) is 0 Å². The molecule has 0 bridgehead atoms. The molecule has 1 heterocycles. The molecule has 0 saturated heterocycles. The van der Waals surface area contributed by atoms with Crippen LogP contribution in [-0.2, 0) is 6.54 Å². The van der Waals surface area contributed by atoms with Gasteiger partial charge in [0.1, 0.15) is 6.20 Å². The van der Waals surface area contributed by atoms with Crippen LogP contribution < -0.4 is 4.57 Å². The molecule has 2 nitrogen and oxygen atoms in total. The van der Waals surface area contributed by atoms with E-state index in [1.165, 1.54) is 0 Å². The average Bonchev–Trinajstić information content (AvgIpc) is 2.01. The first-order valence-corrected chi connectivity index (χ1v) is 6.27. The summed E-state index contributed by atoms with van der Waals surface area (Å²) < 4.78 is 61.3. The Morgan fingerprint density at radius 2 is 1.62 bits per heavy atom. The Kier molecular flexibility index (Phi) is 3.92. The summed E-state index contributed by atoms with van der Waals surface area (Å²) in [6.45, 7) is 3.22. The molecule has 1 aromatic rings. The molecular weight excluding hydrogens is 257 g/mol. The molecule has 1 aromatic heterocycles. The van der Waals surface area contributed by atoms with Gasteiger partial charge in [0.05, 0.1) is 12.7 Å². The van der Waals surface area contributed by atoms with Gasteiger partial charge in [0.2, 0.25) is 0 Å². The minimum absolute atomic E-state index is 1.06. The predicted octanol–water partition coefficient (Wildman–Crippen LogP) is 4.16. The Bertz CT molecular complexity index is 309. The van der Waals surface area contributed by atoms with Crippen LogP contribution in [0.1, 0.15) is 13.3 Å². The van der Waals surface area contributed by atoms with Crippen molar-refractivity contribution in [1.29, 1.82) is 0 Å². The third-order valence-electron chi connectivity index (χ3n) is 1.15. The van der Waals surface area contributed by atoms with Gasteiger partial charge in [0.25, 0.3) is 6.33 Å². The summed E-state index contributed by atoms with van der Waals surface area (Å²) in [5.74, 6) is 0. The van der Waals surface area contributed by atoms with Crippen molar-refractivity contribution in [2.75, 3.05) is 0 Å². The van der Waals surface area contributed by atoms with Crippen LogP contribution in [0.5, 0.6) is 0 Å². The van der Waals surface area contributed by atoms with E-state index in [2.05, 4.69) is 16.5 Å². The number of halogens is 6. The summed E-state index contributed by atoms with van der Waals surface area (Å²) in [6.07, 6.45) is 6.81. The van der Waals surface area contributed by atoms with Gasteiger partial charge < -0.3 is 0 Å². The second-order valence-corrected chi connectivity index (χ2v) is 4.87. The molecule has 0 saturated carbocycles. The van der Waals surface area contributed by atoms with E-state index in [0.717, 1.165) is 13.0 Å². The first-order chi connectivity index (χ1) is 6.88. The molecule has 0 aromatic carbocycles. The van der Waals surface area contributed by atoms with Crippen LogP contribution in [-0.4, -0.2) is 4.98 Å². The fourth-order valence-corrected chi connectivity index (χ4v) is 0.752. The van der Waals surface area contributed by atoms with E-state index in [-0.39, 0.29) is 0 Å². The fourth-order valence-electron chi connectivity index (χ4n) is 0.752. The summed E-state index contributed by atoms with van der Waals surface area (Å²) in [5, 5.41) is 0. The van der Waals surface area contributed by atoms with Gasteiger partial charge in [0.15, 0.2) is 0 Å². The monoisotopic (exact) mass is 268 g/mol. The first kappa shape index (κ1) is 15.1. The van der Waals surface area contributed by atoms with Crippen LogP contribution >= 0.6 is 7.81 Å². The molecule has 0 atom stereocenters. The van der Waals surface area contributed by atoms with Crippen LogP contribution in [0.15, 0.2) is 24.8 Å². The van der Waals surface area contributed by atoms with Crippen molar-refractivity contribution in [3.63, 3.8) is 0 Å². The second kappa shape index (κ2) is 4.16. The SMILES string of the molecule is CCC[n+]1cccnc1.F[P-](F)(F)(F)(F)F. The van der Waals surface area contributed by atoms with Crippen molar-refractivity contribution >= 4 is 7.81 Å². The number of rotatable bonds is 2. The number of hydrogen-bond donors (Lipinski definition) is 0. The molecule has 0 spiro atoms. The van der Waals surface area contributed by atoms with Crippen molar-refractivity contribution < 1.29 is 29.7 Å². The zero-order valence-corrected chi connectivity index (χ0v) is 9.23. The van der Waals surface area contributed by atoms with Crippen molar-refractivity contribution in [3.8, 4) is 0 Å². The maximum atomic E-state index is 9.87. The van der Waals surface area contributed by atoms with Gasteiger partial charge in [-0.3, -0.25) is 0 Å². The molecule has 96 valence electrons. The Balaban J connectivity index is 0.000000293. The average molecular weight is 268 g/mol.